The lowest BCUT2D eigenvalue weighted by molar-refractivity contribution is -0.111. The molecule has 0 saturated carbocycles. The van der Waals surface area contributed by atoms with Gasteiger partial charge in [-0.05, 0) is 48.8 Å². The lowest BCUT2D eigenvalue weighted by Gasteiger charge is -2.40. The maximum atomic E-state index is 10.4. The van der Waals surface area contributed by atoms with Gasteiger partial charge in [0.15, 0.2) is 0 Å². The molecule has 0 saturated heterocycles. The quantitative estimate of drug-likeness (QED) is 0.304. The molecule has 0 N–H and O–H groups in total. The lowest BCUT2D eigenvalue weighted by Crippen LogP contribution is -2.34. The van der Waals surface area contributed by atoms with Crippen LogP contribution >= 0.6 is 0 Å². The minimum Gasteiger partial charge on any atom is -0.172 e. The minimum atomic E-state index is -4.00. The SMILES string of the molecule is CC.CC(F)(F)F.CC(F)(F)F.CCCC(CCC)C(C)(c1cccc(C)c1)c1cccc(CC)c1. The molecule has 0 aromatic heterocycles. The van der Waals surface area contributed by atoms with E-state index in [9.17, 15) is 26.3 Å². The molecule has 1 unspecified atom stereocenters. The predicted molar refractivity (Wildman–Crippen MR) is 142 cm³/mol. The third kappa shape index (κ3) is 15.9. The van der Waals surface area contributed by atoms with Crippen LogP contribution in [0.2, 0.25) is 0 Å². The Bertz CT molecular complexity index is 793. The molecule has 0 spiro atoms. The molecule has 1 atom stereocenters. The minimum absolute atomic E-state index is 0.0865. The summed E-state index contributed by atoms with van der Waals surface area (Å²) in [6, 6.07) is 18.5. The van der Waals surface area contributed by atoms with E-state index in [2.05, 4.69) is 83.1 Å². The fourth-order valence-corrected chi connectivity index (χ4v) is 4.14. The molecule has 0 aliphatic heterocycles. The van der Waals surface area contributed by atoms with E-state index in [0.29, 0.717) is 5.92 Å². The highest BCUT2D eigenvalue weighted by Gasteiger charge is 2.36. The van der Waals surface area contributed by atoms with Crippen molar-refractivity contribution in [3.63, 3.8) is 0 Å². The van der Waals surface area contributed by atoms with Gasteiger partial charge in [0.1, 0.15) is 0 Å². The topological polar surface area (TPSA) is 0 Å². The van der Waals surface area contributed by atoms with Crippen LogP contribution < -0.4 is 0 Å². The highest BCUT2D eigenvalue weighted by Crippen LogP contribution is 2.44. The number of rotatable bonds is 8. The average Bonchev–Trinajstić information content (AvgIpc) is 2.77. The number of halogens is 6. The van der Waals surface area contributed by atoms with Gasteiger partial charge in [-0.3, -0.25) is 0 Å². The van der Waals surface area contributed by atoms with Gasteiger partial charge in [-0.2, -0.15) is 26.3 Å². The van der Waals surface area contributed by atoms with Crippen molar-refractivity contribution >= 4 is 0 Å². The van der Waals surface area contributed by atoms with Gasteiger partial charge in [-0.25, -0.2) is 0 Å². The number of benzene rings is 2. The molecule has 0 nitrogen and oxygen atoms in total. The Balaban J connectivity index is 0. The molecule has 0 aliphatic rings. The van der Waals surface area contributed by atoms with Gasteiger partial charge >= 0.3 is 12.4 Å². The van der Waals surface area contributed by atoms with Crippen LogP contribution in [0.3, 0.4) is 0 Å². The Morgan fingerprint density at radius 1 is 0.667 bits per heavy atom. The molecule has 2 aromatic rings. The number of alkyl halides is 6. The van der Waals surface area contributed by atoms with Gasteiger partial charge < -0.3 is 0 Å². The van der Waals surface area contributed by atoms with Gasteiger partial charge in [-0.15, -0.1) is 0 Å². The van der Waals surface area contributed by atoms with Crippen LogP contribution in [0.1, 0.15) is 103 Å². The fourth-order valence-electron chi connectivity index (χ4n) is 4.14. The van der Waals surface area contributed by atoms with Crippen molar-refractivity contribution in [2.75, 3.05) is 0 Å². The van der Waals surface area contributed by atoms with E-state index in [1.165, 1.54) is 47.9 Å². The molecule has 36 heavy (non-hydrogen) atoms. The molecular formula is C30H46F6. The summed E-state index contributed by atoms with van der Waals surface area (Å²) in [5.74, 6) is 0.682. The molecule has 0 heterocycles. The van der Waals surface area contributed by atoms with Crippen molar-refractivity contribution in [3.8, 4) is 0 Å². The summed E-state index contributed by atoms with van der Waals surface area (Å²) in [5.41, 5.74) is 5.85. The number of hydrogen-bond donors (Lipinski definition) is 0. The Hall–Kier alpha value is -1.98. The van der Waals surface area contributed by atoms with Gasteiger partial charge in [-0.1, -0.05) is 108 Å². The van der Waals surface area contributed by atoms with E-state index in [0.717, 1.165) is 6.42 Å². The second kappa shape index (κ2) is 17.5. The maximum absolute atomic E-state index is 10.4. The van der Waals surface area contributed by atoms with Crippen molar-refractivity contribution in [3.05, 3.63) is 70.8 Å². The number of hydrogen-bond acceptors (Lipinski definition) is 0. The van der Waals surface area contributed by atoms with Crippen LogP contribution in [0, 0.1) is 12.8 Å². The molecule has 2 aromatic carbocycles. The van der Waals surface area contributed by atoms with Crippen molar-refractivity contribution in [2.45, 2.75) is 112 Å². The summed E-state index contributed by atoms with van der Waals surface area (Å²) in [6.45, 7) is 16.0. The van der Waals surface area contributed by atoms with Crippen LogP contribution in [0.4, 0.5) is 26.3 Å². The Kier molecular flexibility index (Phi) is 17.6. The van der Waals surface area contributed by atoms with Crippen LogP contribution in [0.5, 0.6) is 0 Å². The molecule has 208 valence electrons. The summed E-state index contributed by atoms with van der Waals surface area (Å²) in [5, 5.41) is 0. The highest BCUT2D eigenvalue weighted by atomic mass is 19.4. The van der Waals surface area contributed by atoms with Crippen molar-refractivity contribution in [1.82, 2.24) is 0 Å². The molecule has 0 bridgehead atoms. The van der Waals surface area contributed by atoms with Gasteiger partial charge in [0.25, 0.3) is 0 Å². The van der Waals surface area contributed by atoms with Crippen LogP contribution in [-0.4, -0.2) is 12.4 Å². The van der Waals surface area contributed by atoms with Gasteiger partial charge in [0.2, 0.25) is 0 Å². The van der Waals surface area contributed by atoms with Gasteiger partial charge in [0, 0.05) is 19.3 Å². The van der Waals surface area contributed by atoms with E-state index >= 15 is 0 Å². The standard InChI is InChI=1S/C24H34.2C2H3F3.C2H6/c1-6-11-21(12-7-2)24(5,22-15-9-13-19(4)17-22)23-16-10-14-20(8-3)18-23;2*1-2(3,4)5;1-2/h9-10,13-18,21H,6-8,11-12H2,1-5H3;2*1H3;1-2H3. The normalized spacial score (nSPS) is 12.8. The maximum Gasteiger partial charge on any atom is 0.386 e. The third-order valence-electron chi connectivity index (χ3n) is 5.64. The van der Waals surface area contributed by atoms with E-state index < -0.39 is 12.4 Å². The van der Waals surface area contributed by atoms with Crippen LogP contribution in [-0.2, 0) is 11.8 Å². The summed E-state index contributed by atoms with van der Waals surface area (Å²) >= 11 is 0. The van der Waals surface area contributed by atoms with E-state index in [4.69, 9.17) is 0 Å². The summed E-state index contributed by atoms with van der Waals surface area (Å²) in [4.78, 5) is 0. The fraction of sp³-hybridized carbons (Fsp3) is 0.600. The van der Waals surface area contributed by atoms with Crippen molar-refractivity contribution < 1.29 is 26.3 Å². The zero-order valence-corrected chi connectivity index (χ0v) is 23.5. The average molecular weight is 521 g/mol. The Morgan fingerprint density at radius 3 is 1.42 bits per heavy atom. The van der Waals surface area contributed by atoms with E-state index in [1.807, 2.05) is 13.8 Å². The van der Waals surface area contributed by atoms with Crippen LogP contribution in [0.15, 0.2) is 48.5 Å². The molecule has 0 aliphatic carbocycles. The summed E-state index contributed by atoms with van der Waals surface area (Å²) in [7, 11) is 0. The molecule has 2 rings (SSSR count). The first-order valence-electron chi connectivity index (χ1n) is 12.9. The van der Waals surface area contributed by atoms with E-state index in [-0.39, 0.29) is 19.3 Å². The zero-order valence-electron chi connectivity index (χ0n) is 23.5. The van der Waals surface area contributed by atoms with E-state index in [1.54, 1.807) is 0 Å². The van der Waals surface area contributed by atoms with Gasteiger partial charge in [0.05, 0.1) is 0 Å². The van der Waals surface area contributed by atoms with Crippen molar-refractivity contribution in [1.29, 1.82) is 0 Å². The highest BCUT2D eigenvalue weighted by molar-refractivity contribution is 5.42. The first kappa shape index (κ1) is 36.2. The number of aryl methyl sites for hydroxylation is 2. The Morgan fingerprint density at radius 2 is 1.06 bits per heavy atom. The molecule has 0 fully saturated rings. The summed E-state index contributed by atoms with van der Waals surface area (Å²) in [6.07, 6.45) is -1.83. The predicted octanol–water partition coefficient (Wildman–Crippen LogP) is 11.2. The first-order chi connectivity index (χ1) is 16.6. The third-order valence-corrected chi connectivity index (χ3v) is 5.64. The lowest BCUT2D eigenvalue weighted by atomic mass is 9.64. The second-order valence-corrected chi connectivity index (χ2v) is 8.96. The zero-order chi connectivity index (χ0) is 28.6. The largest absolute Gasteiger partial charge is 0.386 e. The van der Waals surface area contributed by atoms with Crippen LogP contribution in [0.25, 0.3) is 0 Å². The molecule has 0 amide bonds. The first-order valence-corrected chi connectivity index (χ1v) is 12.9. The summed E-state index contributed by atoms with van der Waals surface area (Å²) < 4.78 is 62.1. The van der Waals surface area contributed by atoms with Crippen molar-refractivity contribution in [2.24, 2.45) is 5.92 Å². The molecule has 0 radical (unpaired) electrons. The smallest absolute Gasteiger partial charge is 0.172 e. The monoisotopic (exact) mass is 520 g/mol. The second-order valence-electron chi connectivity index (χ2n) is 8.96. The molecular weight excluding hydrogens is 474 g/mol. The molecule has 6 heteroatoms. The Labute approximate surface area is 215 Å².